The Morgan fingerprint density at radius 3 is 1.92 bits per heavy atom. The molecule has 0 rings (SSSR count). The van der Waals surface area contributed by atoms with Gasteiger partial charge in [0.2, 0.25) is 0 Å². The first-order valence-electron chi connectivity index (χ1n) is 3.43. The molecule has 7 nitrogen and oxygen atoms in total. The summed E-state index contributed by atoms with van der Waals surface area (Å²) in [6.45, 7) is 2.93. The van der Waals surface area contributed by atoms with Crippen LogP contribution in [0.1, 0.15) is 13.3 Å². The molecule has 0 aliphatic rings. The zero-order chi connectivity index (χ0) is 11.1. The molecule has 0 aliphatic carbocycles. The van der Waals surface area contributed by atoms with Crippen molar-refractivity contribution < 1.29 is 17.5 Å². The van der Waals surface area contributed by atoms with Crippen LogP contribution in [0, 0.1) is 5.41 Å². The van der Waals surface area contributed by atoms with Crippen LogP contribution >= 0.6 is 0 Å². The maximum absolute atomic E-state index is 8.74. The molecule has 0 aromatic carbocycles. The first kappa shape index (κ1) is 14.7. The predicted octanol–water partition coefficient (Wildman–Crippen LogP) is -0.431. The van der Waals surface area contributed by atoms with Crippen molar-refractivity contribution in [2.75, 3.05) is 13.6 Å². The van der Waals surface area contributed by atoms with Gasteiger partial charge in [-0.1, -0.05) is 6.92 Å². The average molecular weight is 213 g/mol. The summed E-state index contributed by atoms with van der Waals surface area (Å²) in [5.41, 5.74) is 5.13. The molecule has 0 amide bonds. The van der Waals surface area contributed by atoms with Crippen molar-refractivity contribution in [1.82, 2.24) is 4.90 Å². The third-order valence-electron chi connectivity index (χ3n) is 0.970. The van der Waals surface area contributed by atoms with Crippen molar-refractivity contribution in [3.05, 3.63) is 0 Å². The van der Waals surface area contributed by atoms with Crippen LogP contribution in [0.5, 0.6) is 0 Å². The minimum absolute atomic E-state index is 0.145. The summed E-state index contributed by atoms with van der Waals surface area (Å²) in [5, 5.41) is 6.91. The molecule has 0 radical (unpaired) electrons. The van der Waals surface area contributed by atoms with E-state index in [4.69, 9.17) is 28.7 Å². The van der Waals surface area contributed by atoms with Gasteiger partial charge >= 0.3 is 10.4 Å². The van der Waals surface area contributed by atoms with E-state index in [0.717, 1.165) is 13.0 Å². The number of nitrogens with zero attached hydrogens (tertiary/aromatic N) is 1. The highest BCUT2D eigenvalue weighted by Crippen LogP contribution is 1.81. The molecular formula is C5H15N3O4S. The van der Waals surface area contributed by atoms with Crippen molar-refractivity contribution >= 4 is 16.4 Å². The lowest BCUT2D eigenvalue weighted by molar-refractivity contribution is 0.381. The third kappa shape index (κ3) is 24.7. The number of guanidine groups is 1. The van der Waals surface area contributed by atoms with Crippen LogP contribution in [0.2, 0.25) is 0 Å². The van der Waals surface area contributed by atoms with Crippen LogP contribution in [-0.2, 0) is 10.4 Å². The lowest BCUT2D eigenvalue weighted by Crippen LogP contribution is -2.33. The first-order chi connectivity index (χ1) is 5.68. The molecule has 0 aromatic rings. The highest BCUT2D eigenvalue weighted by molar-refractivity contribution is 7.79. The van der Waals surface area contributed by atoms with E-state index in [1.54, 1.807) is 4.90 Å². The van der Waals surface area contributed by atoms with Gasteiger partial charge in [0.05, 0.1) is 0 Å². The van der Waals surface area contributed by atoms with E-state index >= 15 is 0 Å². The van der Waals surface area contributed by atoms with E-state index in [-0.39, 0.29) is 5.96 Å². The van der Waals surface area contributed by atoms with E-state index in [2.05, 4.69) is 6.92 Å². The molecular weight excluding hydrogens is 198 g/mol. The smallest absolute Gasteiger partial charge is 0.370 e. The second-order valence-corrected chi connectivity index (χ2v) is 3.15. The van der Waals surface area contributed by atoms with Crippen molar-refractivity contribution in [3.63, 3.8) is 0 Å². The van der Waals surface area contributed by atoms with Crippen molar-refractivity contribution in [3.8, 4) is 0 Å². The monoisotopic (exact) mass is 213 g/mol. The number of hydrogen-bond acceptors (Lipinski definition) is 3. The highest BCUT2D eigenvalue weighted by atomic mass is 32.3. The largest absolute Gasteiger partial charge is 0.394 e. The average Bonchev–Trinajstić information content (AvgIpc) is 1.84. The van der Waals surface area contributed by atoms with Crippen LogP contribution in [-0.4, -0.2) is 42.0 Å². The Labute approximate surface area is 77.6 Å². The maximum Gasteiger partial charge on any atom is 0.394 e. The van der Waals surface area contributed by atoms with E-state index in [1.165, 1.54) is 0 Å². The number of rotatable bonds is 2. The van der Waals surface area contributed by atoms with Crippen LogP contribution in [0.4, 0.5) is 0 Å². The van der Waals surface area contributed by atoms with E-state index in [1.807, 2.05) is 7.05 Å². The SMILES string of the molecule is CCCN(C)C(=N)N.O=S(=O)(O)O. The van der Waals surface area contributed by atoms with E-state index < -0.39 is 10.4 Å². The van der Waals surface area contributed by atoms with Gasteiger partial charge in [0.15, 0.2) is 5.96 Å². The van der Waals surface area contributed by atoms with Crippen LogP contribution < -0.4 is 5.73 Å². The molecule has 0 atom stereocenters. The number of hydrogen-bond donors (Lipinski definition) is 4. The van der Waals surface area contributed by atoms with E-state index in [0.29, 0.717) is 0 Å². The summed E-state index contributed by atoms with van der Waals surface area (Å²) in [6.07, 6.45) is 1.04. The molecule has 0 aliphatic heterocycles. The summed E-state index contributed by atoms with van der Waals surface area (Å²) < 4.78 is 31.6. The van der Waals surface area contributed by atoms with Gasteiger partial charge in [-0.15, -0.1) is 0 Å². The zero-order valence-electron chi connectivity index (χ0n) is 7.56. The van der Waals surface area contributed by atoms with Gasteiger partial charge in [-0.3, -0.25) is 14.5 Å². The van der Waals surface area contributed by atoms with Crippen molar-refractivity contribution in [2.45, 2.75) is 13.3 Å². The molecule has 0 saturated carbocycles. The number of nitrogens with one attached hydrogen (secondary N) is 1. The topological polar surface area (TPSA) is 128 Å². The summed E-state index contributed by atoms with van der Waals surface area (Å²) in [7, 11) is -2.86. The van der Waals surface area contributed by atoms with Crippen LogP contribution in [0.25, 0.3) is 0 Å². The Balaban J connectivity index is 0. The molecule has 80 valence electrons. The van der Waals surface area contributed by atoms with Gasteiger partial charge in [0.25, 0.3) is 0 Å². The van der Waals surface area contributed by atoms with Crippen molar-refractivity contribution in [2.24, 2.45) is 5.73 Å². The Kier molecular flexibility index (Phi) is 7.48. The molecule has 0 heterocycles. The fraction of sp³-hybridized carbons (Fsp3) is 0.800. The molecule has 13 heavy (non-hydrogen) atoms. The molecule has 0 bridgehead atoms. The normalized spacial score (nSPS) is 9.85. The Morgan fingerprint density at radius 1 is 1.54 bits per heavy atom. The molecule has 8 heteroatoms. The van der Waals surface area contributed by atoms with Gasteiger partial charge < -0.3 is 10.6 Å². The third-order valence-corrected chi connectivity index (χ3v) is 0.970. The molecule has 0 unspecified atom stereocenters. The minimum Gasteiger partial charge on any atom is -0.370 e. The summed E-state index contributed by atoms with van der Waals surface area (Å²) >= 11 is 0. The fourth-order valence-corrected chi connectivity index (χ4v) is 0.456. The van der Waals surface area contributed by atoms with Crippen LogP contribution in [0.15, 0.2) is 0 Å². The second-order valence-electron chi connectivity index (χ2n) is 2.25. The molecule has 0 saturated heterocycles. The lowest BCUT2D eigenvalue weighted by Gasteiger charge is -2.13. The molecule has 0 aromatic heterocycles. The lowest BCUT2D eigenvalue weighted by atomic mass is 10.4. The summed E-state index contributed by atoms with van der Waals surface area (Å²) in [4.78, 5) is 1.71. The summed E-state index contributed by atoms with van der Waals surface area (Å²) in [5.74, 6) is 0.145. The van der Waals surface area contributed by atoms with Gasteiger partial charge in [-0.05, 0) is 6.42 Å². The van der Waals surface area contributed by atoms with E-state index in [9.17, 15) is 0 Å². The van der Waals surface area contributed by atoms with Gasteiger partial charge in [0, 0.05) is 13.6 Å². The standard InChI is InChI=1S/C5H13N3.H2O4S/c1-3-4-8(2)5(6)7;1-5(2,3)4/h3-4H2,1-2H3,(H3,6,7);(H2,1,2,3,4). The van der Waals surface area contributed by atoms with Crippen LogP contribution in [0.3, 0.4) is 0 Å². The van der Waals surface area contributed by atoms with Gasteiger partial charge in [-0.25, -0.2) is 0 Å². The Morgan fingerprint density at radius 2 is 1.85 bits per heavy atom. The maximum atomic E-state index is 8.74. The summed E-state index contributed by atoms with van der Waals surface area (Å²) in [6, 6.07) is 0. The fourth-order valence-electron chi connectivity index (χ4n) is 0.456. The first-order valence-corrected chi connectivity index (χ1v) is 4.83. The second kappa shape index (κ2) is 6.63. The van der Waals surface area contributed by atoms with Crippen molar-refractivity contribution in [1.29, 1.82) is 5.41 Å². The molecule has 0 spiro atoms. The predicted molar refractivity (Wildman–Crippen MR) is 49.0 cm³/mol. The number of nitrogens with two attached hydrogens (primary N) is 1. The zero-order valence-corrected chi connectivity index (χ0v) is 8.37. The Hall–Kier alpha value is -0.860. The van der Waals surface area contributed by atoms with Gasteiger partial charge in [-0.2, -0.15) is 8.42 Å². The van der Waals surface area contributed by atoms with Gasteiger partial charge in [0.1, 0.15) is 0 Å². The molecule has 0 fully saturated rings. The highest BCUT2D eigenvalue weighted by Gasteiger charge is 1.93. The Bertz CT molecular complexity index is 230. The minimum atomic E-state index is -4.67. The quantitative estimate of drug-likeness (QED) is 0.280. The molecule has 5 N–H and O–H groups in total.